The summed E-state index contributed by atoms with van der Waals surface area (Å²) in [5.74, 6) is -1.72. The summed E-state index contributed by atoms with van der Waals surface area (Å²) in [4.78, 5) is 13.1. The van der Waals surface area contributed by atoms with Crippen molar-refractivity contribution >= 4 is 22.6 Å². The third-order valence-corrected chi connectivity index (χ3v) is 2.00. The number of aromatic amines is 1. The van der Waals surface area contributed by atoms with Gasteiger partial charge < -0.3 is 15.8 Å². The first-order valence-electron chi connectivity index (χ1n) is 3.89. The number of nitrogens with two attached hydrogens (primary N) is 1. The molecular formula is C9H7FN2O2. The third kappa shape index (κ3) is 1.10. The zero-order valence-electron chi connectivity index (χ0n) is 7.04. The first kappa shape index (κ1) is 8.55. The molecule has 2 rings (SSSR count). The van der Waals surface area contributed by atoms with Gasteiger partial charge in [0.25, 0.3) is 0 Å². The van der Waals surface area contributed by atoms with Crippen LogP contribution in [0.5, 0.6) is 0 Å². The topological polar surface area (TPSA) is 79.1 Å². The van der Waals surface area contributed by atoms with Crippen LogP contribution in [0.1, 0.15) is 10.5 Å². The van der Waals surface area contributed by atoms with Gasteiger partial charge >= 0.3 is 5.97 Å². The number of carbonyl (C=O) groups is 1. The Kier molecular flexibility index (Phi) is 1.67. The predicted octanol–water partition coefficient (Wildman–Crippen LogP) is 1.59. The molecule has 0 aliphatic carbocycles. The van der Waals surface area contributed by atoms with Crippen molar-refractivity contribution in [1.29, 1.82) is 0 Å². The fraction of sp³-hybridized carbons (Fsp3) is 0. The van der Waals surface area contributed by atoms with Crippen LogP contribution in [0.3, 0.4) is 0 Å². The van der Waals surface area contributed by atoms with Crippen molar-refractivity contribution in [2.45, 2.75) is 0 Å². The molecule has 72 valence electrons. The molecule has 0 fully saturated rings. The van der Waals surface area contributed by atoms with E-state index in [4.69, 9.17) is 10.8 Å². The molecule has 0 saturated heterocycles. The van der Waals surface area contributed by atoms with Crippen LogP contribution in [-0.4, -0.2) is 16.1 Å². The highest BCUT2D eigenvalue weighted by molar-refractivity contribution is 5.94. The highest BCUT2D eigenvalue weighted by Gasteiger charge is 2.11. The van der Waals surface area contributed by atoms with E-state index < -0.39 is 11.8 Å². The summed E-state index contributed by atoms with van der Waals surface area (Å²) in [6, 6.07) is 4.16. The molecule has 2 aromatic rings. The van der Waals surface area contributed by atoms with E-state index >= 15 is 0 Å². The van der Waals surface area contributed by atoms with E-state index in [-0.39, 0.29) is 16.8 Å². The zero-order chi connectivity index (χ0) is 10.3. The second-order valence-corrected chi connectivity index (χ2v) is 2.92. The van der Waals surface area contributed by atoms with E-state index in [0.717, 1.165) is 0 Å². The van der Waals surface area contributed by atoms with Crippen molar-refractivity contribution in [2.24, 2.45) is 0 Å². The SMILES string of the molecule is Nc1ccc2[nH]c(C(=O)O)cc2c1F. The Hall–Kier alpha value is -2.04. The second-order valence-electron chi connectivity index (χ2n) is 2.92. The largest absolute Gasteiger partial charge is 0.477 e. The highest BCUT2D eigenvalue weighted by atomic mass is 19.1. The highest BCUT2D eigenvalue weighted by Crippen LogP contribution is 2.23. The monoisotopic (exact) mass is 194 g/mol. The lowest BCUT2D eigenvalue weighted by Crippen LogP contribution is -1.94. The third-order valence-electron chi connectivity index (χ3n) is 2.00. The molecule has 4 nitrogen and oxygen atoms in total. The fourth-order valence-corrected chi connectivity index (χ4v) is 1.30. The van der Waals surface area contributed by atoms with Crippen molar-refractivity contribution in [1.82, 2.24) is 4.98 Å². The number of rotatable bonds is 1. The van der Waals surface area contributed by atoms with E-state index in [9.17, 15) is 9.18 Å². The van der Waals surface area contributed by atoms with Crippen molar-refractivity contribution < 1.29 is 14.3 Å². The van der Waals surface area contributed by atoms with Crippen LogP contribution < -0.4 is 5.73 Å². The van der Waals surface area contributed by atoms with Crippen LogP contribution in [-0.2, 0) is 0 Å². The maximum atomic E-state index is 13.3. The molecule has 0 aliphatic heterocycles. The maximum absolute atomic E-state index is 13.3. The number of hydrogen-bond donors (Lipinski definition) is 3. The maximum Gasteiger partial charge on any atom is 0.352 e. The molecular weight excluding hydrogens is 187 g/mol. The van der Waals surface area contributed by atoms with Gasteiger partial charge in [-0.15, -0.1) is 0 Å². The summed E-state index contributed by atoms with van der Waals surface area (Å²) in [5.41, 5.74) is 5.72. The molecule has 4 N–H and O–H groups in total. The molecule has 0 spiro atoms. The van der Waals surface area contributed by atoms with Gasteiger partial charge in [0.15, 0.2) is 5.82 Å². The van der Waals surface area contributed by atoms with Crippen molar-refractivity contribution in [3.63, 3.8) is 0 Å². The number of carboxylic acids is 1. The lowest BCUT2D eigenvalue weighted by atomic mass is 10.2. The van der Waals surface area contributed by atoms with E-state index in [1.807, 2.05) is 0 Å². The van der Waals surface area contributed by atoms with Gasteiger partial charge in [-0.2, -0.15) is 0 Å². The van der Waals surface area contributed by atoms with Crippen LogP contribution in [0.2, 0.25) is 0 Å². The average molecular weight is 194 g/mol. The van der Waals surface area contributed by atoms with E-state index in [1.165, 1.54) is 12.1 Å². The average Bonchev–Trinajstić information content (AvgIpc) is 2.56. The Labute approximate surface area is 78.1 Å². The summed E-state index contributed by atoms with van der Waals surface area (Å²) >= 11 is 0. The lowest BCUT2D eigenvalue weighted by molar-refractivity contribution is 0.0691. The van der Waals surface area contributed by atoms with Crippen LogP contribution in [0, 0.1) is 5.82 Å². The number of H-pyrrole nitrogens is 1. The van der Waals surface area contributed by atoms with Gasteiger partial charge in [-0.1, -0.05) is 0 Å². The van der Waals surface area contributed by atoms with Gasteiger partial charge in [-0.3, -0.25) is 0 Å². The number of nitrogen functional groups attached to an aromatic ring is 1. The standard InChI is InChI=1S/C9H7FN2O2/c10-8-4-3-7(9(13)14)12-6(4)2-1-5(8)11/h1-3,12H,11H2,(H,13,14). The predicted molar refractivity (Wildman–Crippen MR) is 49.6 cm³/mol. The summed E-state index contributed by atoms with van der Waals surface area (Å²) < 4.78 is 13.3. The van der Waals surface area contributed by atoms with E-state index in [1.54, 1.807) is 6.07 Å². The summed E-state index contributed by atoms with van der Waals surface area (Å²) in [7, 11) is 0. The molecule has 0 amide bonds. The van der Waals surface area contributed by atoms with Crippen LogP contribution in [0.4, 0.5) is 10.1 Å². The number of benzene rings is 1. The molecule has 0 unspecified atom stereocenters. The Morgan fingerprint density at radius 2 is 2.21 bits per heavy atom. The first-order chi connectivity index (χ1) is 6.59. The number of carboxylic acid groups (broad SMARTS) is 1. The van der Waals surface area contributed by atoms with Gasteiger partial charge in [0.1, 0.15) is 5.69 Å². The van der Waals surface area contributed by atoms with Gasteiger partial charge in [-0.25, -0.2) is 9.18 Å². The first-order valence-corrected chi connectivity index (χ1v) is 3.89. The molecule has 14 heavy (non-hydrogen) atoms. The van der Waals surface area contributed by atoms with Crippen LogP contribution >= 0.6 is 0 Å². The Bertz CT molecular complexity index is 519. The number of aromatic nitrogens is 1. The van der Waals surface area contributed by atoms with E-state index in [2.05, 4.69) is 4.98 Å². The number of nitrogens with one attached hydrogen (secondary N) is 1. The molecule has 0 atom stereocenters. The number of fused-ring (bicyclic) bond motifs is 1. The van der Waals surface area contributed by atoms with Crippen molar-refractivity contribution in [3.05, 3.63) is 29.7 Å². The molecule has 0 saturated carbocycles. The smallest absolute Gasteiger partial charge is 0.352 e. The molecule has 0 aliphatic rings. The van der Waals surface area contributed by atoms with Crippen molar-refractivity contribution in [3.8, 4) is 0 Å². The number of aromatic carboxylic acids is 1. The van der Waals surface area contributed by atoms with Gasteiger partial charge in [0, 0.05) is 10.9 Å². The fourth-order valence-electron chi connectivity index (χ4n) is 1.30. The molecule has 1 aromatic heterocycles. The molecule has 1 heterocycles. The lowest BCUT2D eigenvalue weighted by Gasteiger charge is -1.95. The van der Waals surface area contributed by atoms with Crippen molar-refractivity contribution in [2.75, 3.05) is 5.73 Å². The molecule has 5 heteroatoms. The minimum absolute atomic E-state index is 0.00781. The summed E-state index contributed by atoms with van der Waals surface area (Å²) in [6.45, 7) is 0. The Morgan fingerprint density at radius 1 is 1.50 bits per heavy atom. The minimum atomic E-state index is -1.13. The van der Waals surface area contributed by atoms with Gasteiger partial charge in [0.2, 0.25) is 0 Å². The number of halogens is 1. The van der Waals surface area contributed by atoms with Gasteiger partial charge in [0.05, 0.1) is 5.69 Å². The molecule has 0 radical (unpaired) electrons. The van der Waals surface area contributed by atoms with Crippen LogP contribution in [0.25, 0.3) is 10.9 Å². The number of hydrogen-bond acceptors (Lipinski definition) is 2. The normalized spacial score (nSPS) is 10.6. The van der Waals surface area contributed by atoms with E-state index in [0.29, 0.717) is 5.52 Å². The zero-order valence-corrected chi connectivity index (χ0v) is 7.04. The molecule has 0 bridgehead atoms. The quantitative estimate of drug-likeness (QED) is 0.603. The van der Waals surface area contributed by atoms with Crippen LogP contribution in [0.15, 0.2) is 18.2 Å². The Morgan fingerprint density at radius 3 is 2.86 bits per heavy atom. The minimum Gasteiger partial charge on any atom is -0.477 e. The summed E-state index contributed by atoms with van der Waals surface area (Å²) in [5, 5.41) is 8.86. The second kappa shape index (κ2) is 2.73. The van der Waals surface area contributed by atoms with Gasteiger partial charge in [-0.05, 0) is 18.2 Å². The Balaban J connectivity index is 2.77. The number of anilines is 1. The summed E-state index contributed by atoms with van der Waals surface area (Å²) in [6.07, 6.45) is 0. The molecule has 1 aromatic carbocycles.